The monoisotopic (exact) mass is 154 g/mol. The molecule has 0 heterocycles. The van der Waals surface area contributed by atoms with Crippen LogP contribution in [0.15, 0.2) is 0 Å². The summed E-state index contributed by atoms with van der Waals surface area (Å²) >= 11 is 0. The summed E-state index contributed by atoms with van der Waals surface area (Å²) in [6.07, 6.45) is 0. The van der Waals surface area contributed by atoms with Crippen molar-refractivity contribution in [1.29, 1.82) is 0 Å². The second kappa shape index (κ2) is 2.72. The van der Waals surface area contributed by atoms with Gasteiger partial charge in [-0.05, 0) is 5.92 Å². The molecule has 44 valence electrons. The Bertz CT molecular complexity index is 52.4. The minimum absolute atomic E-state index is 0.250. The van der Waals surface area contributed by atoms with Gasteiger partial charge < -0.3 is 0 Å². The predicted octanol–water partition coefficient (Wildman–Crippen LogP) is 1.92. The van der Waals surface area contributed by atoms with Crippen molar-refractivity contribution in [3.63, 3.8) is 0 Å². The highest BCUT2D eigenvalue weighted by Gasteiger charge is 2.14. The normalized spacial score (nSPS) is 12.9. The summed E-state index contributed by atoms with van der Waals surface area (Å²) in [7, 11) is 8.27. The molecule has 0 aliphatic carbocycles. The zero-order valence-electron chi connectivity index (χ0n) is 4.81. The van der Waals surface area contributed by atoms with Gasteiger partial charge in [-0.1, -0.05) is 13.8 Å². The molecule has 0 aliphatic rings. The summed E-state index contributed by atoms with van der Waals surface area (Å²) in [6, 6.07) is 0. The molecule has 0 rings (SSSR count). The van der Waals surface area contributed by atoms with E-state index in [9.17, 15) is 0 Å². The van der Waals surface area contributed by atoms with Crippen LogP contribution in [0.4, 0.5) is 0 Å². The zero-order chi connectivity index (χ0) is 6.08. The smallest absolute Gasteiger partial charge is 0.0154 e. The second-order valence-electron chi connectivity index (χ2n) is 2.15. The third kappa shape index (κ3) is 3.84. The van der Waals surface area contributed by atoms with Crippen molar-refractivity contribution in [3.05, 3.63) is 0 Å². The van der Waals surface area contributed by atoms with Crippen LogP contribution >= 0.6 is 27.7 Å². The van der Waals surface area contributed by atoms with E-state index >= 15 is 0 Å². The fourth-order valence-electron chi connectivity index (χ4n) is 0. The largest absolute Gasteiger partial charge is 0.123 e. The highest BCUT2D eigenvalue weighted by atomic mass is 31.1. The number of rotatable bonds is 1. The van der Waals surface area contributed by atoms with Crippen molar-refractivity contribution in [2.45, 2.75) is 18.5 Å². The van der Waals surface area contributed by atoms with Gasteiger partial charge in [0.2, 0.25) is 0 Å². The summed E-state index contributed by atoms with van der Waals surface area (Å²) in [5, 5.41) is 0. The van der Waals surface area contributed by atoms with Crippen LogP contribution in [0.1, 0.15) is 13.8 Å². The molecule has 3 heteroatoms. The van der Waals surface area contributed by atoms with Crippen LogP contribution in [0.3, 0.4) is 0 Å². The van der Waals surface area contributed by atoms with Crippen molar-refractivity contribution in [3.8, 4) is 0 Å². The van der Waals surface area contributed by atoms with Gasteiger partial charge in [0.15, 0.2) is 0 Å². The quantitative estimate of drug-likeness (QED) is 0.506. The topological polar surface area (TPSA) is 0 Å². The van der Waals surface area contributed by atoms with Crippen LogP contribution in [0, 0.1) is 5.92 Å². The molecule has 7 heavy (non-hydrogen) atoms. The Kier molecular flexibility index (Phi) is 3.23. The van der Waals surface area contributed by atoms with E-state index in [4.69, 9.17) is 0 Å². The lowest BCUT2D eigenvalue weighted by molar-refractivity contribution is 0.690. The van der Waals surface area contributed by atoms with Gasteiger partial charge in [0.25, 0.3) is 0 Å². The van der Waals surface area contributed by atoms with Gasteiger partial charge in [0.1, 0.15) is 0 Å². The maximum atomic E-state index is 2.76. The first kappa shape index (κ1) is 8.29. The molecule has 3 atom stereocenters. The van der Waals surface area contributed by atoms with Gasteiger partial charge in [-0.2, -0.15) is 0 Å². The summed E-state index contributed by atoms with van der Waals surface area (Å²) in [5.74, 6) is 0.688. The summed E-state index contributed by atoms with van der Waals surface area (Å²) in [5.41, 5.74) is 0. The van der Waals surface area contributed by atoms with Crippen molar-refractivity contribution in [2.24, 2.45) is 5.92 Å². The maximum Gasteiger partial charge on any atom is 0.0154 e. The van der Waals surface area contributed by atoms with Crippen molar-refractivity contribution < 1.29 is 0 Å². The molecular weight excluding hydrogens is 141 g/mol. The van der Waals surface area contributed by atoms with Crippen LogP contribution in [-0.4, -0.2) is 4.64 Å². The molecule has 0 saturated heterocycles. The fraction of sp³-hybridized carbons (Fsp3) is 1.00. The zero-order valence-corrected chi connectivity index (χ0v) is 8.27. The van der Waals surface area contributed by atoms with E-state index in [0.29, 0.717) is 5.92 Å². The fourth-order valence-corrected chi connectivity index (χ4v) is 0. The Balaban J connectivity index is 3.54. The third-order valence-electron chi connectivity index (χ3n) is 1.00. The molecule has 0 fully saturated rings. The third-order valence-corrected chi connectivity index (χ3v) is 3.00. The second-order valence-corrected chi connectivity index (χ2v) is 7.15. The minimum Gasteiger partial charge on any atom is -0.123 e. The molecule has 0 radical (unpaired) electrons. The van der Waals surface area contributed by atoms with Gasteiger partial charge in [-0.15, -0.1) is 27.7 Å². The predicted molar refractivity (Wildman–Crippen MR) is 46.7 cm³/mol. The summed E-state index contributed by atoms with van der Waals surface area (Å²) in [4.78, 5) is 0. The molecule has 0 aromatic heterocycles. The van der Waals surface area contributed by atoms with Gasteiger partial charge in [-0.25, -0.2) is 0 Å². The van der Waals surface area contributed by atoms with Crippen molar-refractivity contribution in [2.75, 3.05) is 0 Å². The van der Waals surface area contributed by atoms with E-state index < -0.39 is 0 Å². The Morgan fingerprint density at radius 3 is 1.29 bits per heavy atom. The Hall–Kier alpha value is 1.29. The lowest BCUT2D eigenvalue weighted by Gasteiger charge is -2.21. The first-order valence-electron chi connectivity index (χ1n) is 2.31. The van der Waals surface area contributed by atoms with Crippen molar-refractivity contribution in [1.82, 2.24) is 0 Å². The molecule has 0 aliphatic heterocycles. The van der Waals surface area contributed by atoms with Crippen molar-refractivity contribution >= 4 is 27.7 Å². The van der Waals surface area contributed by atoms with Crippen LogP contribution in [0.2, 0.25) is 0 Å². The molecule has 0 amide bonds. The van der Waals surface area contributed by atoms with Gasteiger partial charge >= 0.3 is 0 Å². The van der Waals surface area contributed by atoms with Gasteiger partial charge in [-0.3, -0.25) is 0 Å². The Morgan fingerprint density at radius 1 is 1.14 bits per heavy atom. The molecule has 0 saturated carbocycles. The van der Waals surface area contributed by atoms with E-state index in [1.54, 1.807) is 0 Å². The number of hydrogen-bond donors (Lipinski definition) is 0. The Labute approximate surface area is 52.8 Å². The highest BCUT2D eigenvalue weighted by Crippen LogP contribution is 2.40. The van der Waals surface area contributed by atoms with Crippen LogP contribution < -0.4 is 0 Å². The van der Waals surface area contributed by atoms with Crippen LogP contribution in [0.25, 0.3) is 0 Å². The average Bonchev–Trinajstić information content (AvgIpc) is 1.31. The summed E-state index contributed by atoms with van der Waals surface area (Å²) in [6.45, 7) is 4.38. The number of hydrogen-bond acceptors (Lipinski definition) is 0. The SMILES string of the molecule is CC(C)C(P)(P)P. The first-order valence-corrected chi connectivity index (χ1v) is 4.04. The minimum atomic E-state index is 0.250. The molecule has 0 bridgehead atoms. The van der Waals surface area contributed by atoms with E-state index in [-0.39, 0.29) is 4.64 Å². The standard InChI is InChI=1S/C4H13P3/c1-3(2)4(5,6)7/h3H,5-7H2,1-2H3. The summed E-state index contributed by atoms with van der Waals surface area (Å²) < 4.78 is 0.250. The molecule has 3 unspecified atom stereocenters. The highest BCUT2D eigenvalue weighted by molar-refractivity contribution is 7.57. The molecule has 0 N–H and O–H groups in total. The molecule has 0 aromatic rings. The lowest BCUT2D eigenvalue weighted by atomic mass is 10.3. The van der Waals surface area contributed by atoms with Crippen LogP contribution in [-0.2, 0) is 0 Å². The van der Waals surface area contributed by atoms with Gasteiger partial charge in [0.05, 0.1) is 0 Å². The van der Waals surface area contributed by atoms with Crippen LogP contribution in [0.5, 0.6) is 0 Å². The average molecular weight is 154 g/mol. The maximum absolute atomic E-state index is 2.76. The molecular formula is C4H13P3. The molecule has 0 spiro atoms. The van der Waals surface area contributed by atoms with E-state index in [1.807, 2.05) is 0 Å². The van der Waals surface area contributed by atoms with E-state index in [0.717, 1.165) is 0 Å². The molecule has 0 aromatic carbocycles. The van der Waals surface area contributed by atoms with E-state index in [2.05, 4.69) is 41.6 Å². The Morgan fingerprint density at radius 2 is 1.29 bits per heavy atom. The van der Waals surface area contributed by atoms with E-state index in [1.165, 1.54) is 0 Å². The molecule has 0 nitrogen and oxygen atoms in total. The van der Waals surface area contributed by atoms with Gasteiger partial charge in [0, 0.05) is 4.64 Å². The lowest BCUT2D eigenvalue weighted by Crippen LogP contribution is -2.08. The first-order chi connectivity index (χ1) is 2.94.